The Hall–Kier alpha value is -0.580. The van der Waals surface area contributed by atoms with Gasteiger partial charge in [-0.2, -0.15) is 13.2 Å². The fourth-order valence-corrected chi connectivity index (χ4v) is 2.57. The van der Waals surface area contributed by atoms with Crippen molar-refractivity contribution in [2.45, 2.75) is 59.3 Å². The summed E-state index contributed by atoms with van der Waals surface area (Å²) in [5.74, 6) is -2.26. The lowest BCUT2D eigenvalue weighted by Crippen LogP contribution is -2.58. The molecule has 18 heavy (non-hydrogen) atoms. The van der Waals surface area contributed by atoms with E-state index in [1.54, 1.807) is 27.7 Å². The van der Waals surface area contributed by atoms with Gasteiger partial charge in [0.2, 0.25) is 0 Å². The summed E-state index contributed by atoms with van der Waals surface area (Å²) in [6.07, 6.45) is -4.19. The van der Waals surface area contributed by atoms with Gasteiger partial charge < -0.3 is 5.32 Å². The number of Topliss-reactive ketones (excluding diaryl/α,β-unsaturated/α-hetero) is 1. The van der Waals surface area contributed by atoms with Crippen LogP contribution in [0.25, 0.3) is 0 Å². The van der Waals surface area contributed by atoms with Gasteiger partial charge in [-0.3, -0.25) is 4.79 Å². The van der Waals surface area contributed by atoms with Crippen LogP contribution in [0, 0.1) is 17.3 Å². The first-order chi connectivity index (χ1) is 7.94. The van der Waals surface area contributed by atoms with Gasteiger partial charge in [0.1, 0.15) is 0 Å². The summed E-state index contributed by atoms with van der Waals surface area (Å²) in [5, 5.41) is 3.02. The number of carbonyl (C=O) groups excluding carboxylic acids is 1. The molecule has 0 radical (unpaired) electrons. The minimum Gasteiger partial charge on any atom is -0.305 e. The minimum absolute atomic E-state index is 0.0403. The molecular weight excluding hydrogens is 243 g/mol. The number of piperidine rings is 1. The van der Waals surface area contributed by atoms with Gasteiger partial charge in [0.05, 0.1) is 12.0 Å². The molecule has 2 nitrogen and oxygen atoms in total. The van der Waals surface area contributed by atoms with E-state index in [4.69, 9.17) is 0 Å². The average Bonchev–Trinajstić information content (AvgIpc) is 2.17. The number of rotatable bonds is 1. The maximum Gasteiger partial charge on any atom is 0.392 e. The second-order valence-electron chi connectivity index (χ2n) is 6.40. The number of halogens is 3. The molecule has 1 heterocycles. The van der Waals surface area contributed by atoms with Crippen LogP contribution in [-0.4, -0.2) is 24.0 Å². The lowest BCUT2D eigenvalue weighted by atomic mass is 9.73. The van der Waals surface area contributed by atoms with E-state index in [9.17, 15) is 18.0 Å². The summed E-state index contributed by atoms with van der Waals surface area (Å²) in [5.41, 5.74) is -0.626. The molecule has 0 aromatic rings. The summed E-state index contributed by atoms with van der Waals surface area (Å²) in [6.45, 7) is 8.45. The van der Waals surface area contributed by atoms with Gasteiger partial charge in [0, 0.05) is 11.5 Å². The van der Waals surface area contributed by atoms with Crippen LogP contribution in [-0.2, 0) is 4.79 Å². The van der Waals surface area contributed by atoms with Crippen molar-refractivity contribution in [3.05, 3.63) is 0 Å². The number of hydrogen-bond donors (Lipinski definition) is 1. The van der Waals surface area contributed by atoms with Gasteiger partial charge >= 0.3 is 6.18 Å². The van der Waals surface area contributed by atoms with Crippen molar-refractivity contribution >= 4 is 5.78 Å². The standard InChI is InChI=1S/C13H22F3NO/c1-7-6-9(13(14,15)16)8(2)10(17-7)11(18)12(3,4)5/h7-10,17H,6H2,1-5H3. The molecule has 1 rings (SSSR count). The van der Waals surface area contributed by atoms with Crippen molar-refractivity contribution in [2.75, 3.05) is 0 Å². The lowest BCUT2D eigenvalue weighted by molar-refractivity contribution is -0.200. The largest absolute Gasteiger partial charge is 0.392 e. The average molecular weight is 265 g/mol. The fraction of sp³-hybridized carbons (Fsp3) is 0.923. The molecule has 1 aliphatic rings. The first-order valence-corrected chi connectivity index (χ1v) is 6.31. The van der Waals surface area contributed by atoms with Crippen molar-refractivity contribution in [1.29, 1.82) is 0 Å². The lowest BCUT2D eigenvalue weighted by Gasteiger charge is -2.42. The maximum atomic E-state index is 13.0. The van der Waals surface area contributed by atoms with E-state index in [2.05, 4.69) is 5.32 Å². The van der Waals surface area contributed by atoms with Crippen LogP contribution < -0.4 is 5.32 Å². The molecule has 4 atom stereocenters. The van der Waals surface area contributed by atoms with E-state index in [0.29, 0.717) is 0 Å². The first-order valence-electron chi connectivity index (χ1n) is 6.31. The Balaban J connectivity index is 2.97. The molecule has 0 saturated carbocycles. The smallest absolute Gasteiger partial charge is 0.305 e. The Morgan fingerprint density at radius 3 is 2.06 bits per heavy atom. The SMILES string of the molecule is CC1CC(C(F)(F)F)C(C)C(C(=O)C(C)(C)C)N1. The summed E-state index contributed by atoms with van der Waals surface area (Å²) in [6, 6.07) is -0.996. The topological polar surface area (TPSA) is 29.1 Å². The second kappa shape index (κ2) is 4.83. The Kier molecular flexibility index (Phi) is 4.16. The summed E-state index contributed by atoms with van der Waals surface area (Å²) < 4.78 is 38.9. The maximum absolute atomic E-state index is 13.0. The first kappa shape index (κ1) is 15.5. The van der Waals surface area contributed by atoms with Crippen molar-refractivity contribution in [3.63, 3.8) is 0 Å². The second-order valence-corrected chi connectivity index (χ2v) is 6.40. The molecule has 0 aromatic heterocycles. The monoisotopic (exact) mass is 265 g/mol. The summed E-state index contributed by atoms with van der Waals surface area (Å²) in [4.78, 5) is 12.2. The third kappa shape index (κ3) is 3.25. The van der Waals surface area contributed by atoms with E-state index in [1.165, 1.54) is 6.92 Å². The highest BCUT2D eigenvalue weighted by molar-refractivity contribution is 5.89. The molecule has 0 amide bonds. The fourth-order valence-electron chi connectivity index (χ4n) is 2.57. The molecule has 0 aliphatic carbocycles. The zero-order chi connectivity index (χ0) is 14.3. The molecule has 1 fully saturated rings. The molecule has 1 saturated heterocycles. The van der Waals surface area contributed by atoms with Gasteiger partial charge in [-0.1, -0.05) is 27.7 Å². The molecular formula is C13H22F3NO. The highest BCUT2D eigenvalue weighted by Gasteiger charge is 2.51. The van der Waals surface area contributed by atoms with Crippen LogP contribution >= 0.6 is 0 Å². The summed E-state index contributed by atoms with van der Waals surface area (Å²) >= 11 is 0. The number of alkyl halides is 3. The Bertz CT molecular complexity index is 319. The predicted molar refractivity (Wildman–Crippen MR) is 64.2 cm³/mol. The van der Waals surface area contributed by atoms with Gasteiger partial charge in [0.15, 0.2) is 5.78 Å². The van der Waals surface area contributed by atoms with Gasteiger partial charge in [-0.05, 0) is 19.3 Å². The number of nitrogens with one attached hydrogen (secondary N) is 1. The van der Waals surface area contributed by atoms with Gasteiger partial charge in [-0.25, -0.2) is 0 Å². The Labute approximate surface area is 106 Å². The normalized spacial score (nSPS) is 34.4. The third-order valence-corrected chi connectivity index (χ3v) is 3.67. The van der Waals surface area contributed by atoms with Gasteiger partial charge in [-0.15, -0.1) is 0 Å². The molecule has 1 N–H and O–H groups in total. The van der Waals surface area contributed by atoms with Crippen LogP contribution in [0.1, 0.15) is 41.0 Å². The van der Waals surface area contributed by atoms with E-state index < -0.39 is 29.5 Å². The molecule has 0 spiro atoms. The van der Waals surface area contributed by atoms with Crippen LogP contribution in [0.3, 0.4) is 0 Å². The Morgan fingerprint density at radius 2 is 1.67 bits per heavy atom. The molecule has 106 valence electrons. The van der Waals surface area contributed by atoms with Crippen LogP contribution in [0.15, 0.2) is 0 Å². The van der Waals surface area contributed by atoms with Crippen molar-refractivity contribution in [1.82, 2.24) is 5.32 Å². The van der Waals surface area contributed by atoms with E-state index in [0.717, 1.165) is 0 Å². The molecule has 1 aliphatic heterocycles. The van der Waals surface area contributed by atoms with E-state index in [1.807, 2.05) is 0 Å². The van der Waals surface area contributed by atoms with Crippen LogP contribution in [0.5, 0.6) is 0 Å². The highest BCUT2D eigenvalue weighted by atomic mass is 19.4. The predicted octanol–water partition coefficient (Wildman–Crippen LogP) is 3.17. The molecule has 4 unspecified atom stereocenters. The van der Waals surface area contributed by atoms with E-state index >= 15 is 0 Å². The quantitative estimate of drug-likeness (QED) is 0.789. The Morgan fingerprint density at radius 1 is 1.17 bits per heavy atom. The van der Waals surface area contributed by atoms with Crippen LogP contribution in [0.4, 0.5) is 13.2 Å². The minimum atomic E-state index is -4.23. The van der Waals surface area contributed by atoms with Crippen molar-refractivity contribution in [3.8, 4) is 0 Å². The third-order valence-electron chi connectivity index (χ3n) is 3.67. The number of hydrogen-bond acceptors (Lipinski definition) is 2. The molecule has 5 heteroatoms. The van der Waals surface area contributed by atoms with Crippen molar-refractivity contribution in [2.24, 2.45) is 17.3 Å². The zero-order valence-electron chi connectivity index (χ0n) is 11.6. The molecule has 0 aromatic carbocycles. The van der Waals surface area contributed by atoms with E-state index in [-0.39, 0.29) is 18.2 Å². The molecule has 0 bridgehead atoms. The number of carbonyl (C=O) groups is 1. The highest BCUT2D eigenvalue weighted by Crippen LogP contribution is 2.40. The van der Waals surface area contributed by atoms with Crippen molar-refractivity contribution < 1.29 is 18.0 Å². The zero-order valence-corrected chi connectivity index (χ0v) is 11.6. The van der Waals surface area contributed by atoms with Crippen LogP contribution in [0.2, 0.25) is 0 Å². The summed E-state index contributed by atoms with van der Waals surface area (Å²) in [7, 11) is 0. The van der Waals surface area contributed by atoms with Gasteiger partial charge in [0.25, 0.3) is 0 Å². The number of ketones is 1.